The number of aryl methyl sites for hydroxylation is 1. The molecule has 3 aromatic rings. The largest absolute Gasteiger partial charge is 0.573 e. The van der Waals surface area contributed by atoms with E-state index >= 15 is 0 Å². The molecular weight excluding hydrogens is 425 g/mol. The molecule has 0 spiro atoms. The number of hydrogen-bond acceptors (Lipinski definition) is 5. The van der Waals surface area contributed by atoms with E-state index in [0.717, 1.165) is 17.7 Å². The highest BCUT2D eigenvalue weighted by molar-refractivity contribution is 6.07. The summed E-state index contributed by atoms with van der Waals surface area (Å²) in [5.41, 5.74) is 2.36. The van der Waals surface area contributed by atoms with E-state index in [-0.39, 0.29) is 11.3 Å². The van der Waals surface area contributed by atoms with Gasteiger partial charge in [-0.2, -0.15) is 0 Å². The number of carbonyl (C=O) groups is 2. The first-order valence-electron chi connectivity index (χ1n) is 9.21. The van der Waals surface area contributed by atoms with Crippen LogP contribution in [0.25, 0.3) is 6.08 Å². The molecule has 10 heteroatoms. The molecule has 0 radical (unpaired) electrons. The van der Waals surface area contributed by atoms with Gasteiger partial charge in [0.15, 0.2) is 0 Å². The molecule has 0 saturated carbocycles. The summed E-state index contributed by atoms with van der Waals surface area (Å²) in [4.78, 5) is 32.4. The van der Waals surface area contributed by atoms with Crippen molar-refractivity contribution in [2.24, 2.45) is 0 Å². The SMILES string of the molecule is Cc1ccc(C(=O)Nc2ccc(OC(F)(F)F)cc2)cc1NC(=O)/C=C/c1cncnc1. The van der Waals surface area contributed by atoms with E-state index in [4.69, 9.17) is 0 Å². The van der Waals surface area contributed by atoms with Gasteiger partial charge in [0.25, 0.3) is 5.91 Å². The molecule has 0 aliphatic carbocycles. The first kappa shape index (κ1) is 22.5. The second-order valence-corrected chi connectivity index (χ2v) is 6.55. The Morgan fingerprint density at radius 1 is 1.00 bits per heavy atom. The first-order valence-corrected chi connectivity index (χ1v) is 9.21. The van der Waals surface area contributed by atoms with Gasteiger partial charge in [0.1, 0.15) is 12.1 Å². The third-order valence-corrected chi connectivity index (χ3v) is 4.11. The summed E-state index contributed by atoms with van der Waals surface area (Å²) in [5, 5.41) is 5.28. The van der Waals surface area contributed by atoms with Gasteiger partial charge in [-0.15, -0.1) is 13.2 Å². The first-order chi connectivity index (χ1) is 15.2. The maximum Gasteiger partial charge on any atom is 0.573 e. The van der Waals surface area contributed by atoms with E-state index in [9.17, 15) is 22.8 Å². The van der Waals surface area contributed by atoms with E-state index in [2.05, 4.69) is 25.3 Å². The average Bonchev–Trinajstić information content (AvgIpc) is 2.75. The maximum absolute atomic E-state index is 12.5. The van der Waals surface area contributed by atoms with Gasteiger partial charge in [-0.1, -0.05) is 6.07 Å². The Morgan fingerprint density at radius 2 is 1.69 bits per heavy atom. The number of nitrogens with one attached hydrogen (secondary N) is 2. The van der Waals surface area contributed by atoms with Gasteiger partial charge >= 0.3 is 6.36 Å². The van der Waals surface area contributed by atoms with Gasteiger partial charge in [0, 0.05) is 41.0 Å². The zero-order chi connectivity index (χ0) is 23.1. The third kappa shape index (κ3) is 6.66. The molecule has 7 nitrogen and oxygen atoms in total. The summed E-state index contributed by atoms with van der Waals surface area (Å²) < 4.78 is 40.5. The van der Waals surface area contributed by atoms with Crippen molar-refractivity contribution in [2.45, 2.75) is 13.3 Å². The third-order valence-electron chi connectivity index (χ3n) is 4.11. The summed E-state index contributed by atoms with van der Waals surface area (Å²) in [6.45, 7) is 1.77. The number of hydrogen-bond donors (Lipinski definition) is 2. The highest BCUT2D eigenvalue weighted by atomic mass is 19.4. The van der Waals surface area contributed by atoms with E-state index in [0.29, 0.717) is 11.3 Å². The van der Waals surface area contributed by atoms with Gasteiger partial charge in [0.2, 0.25) is 5.91 Å². The highest BCUT2D eigenvalue weighted by Gasteiger charge is 2.30. The number of nitrogens with zero attached hydrogens (tertiary/aromatic N) is 2. The predicted molar refractivity (Wildman–Crippen MR) is 112 cm³/mol. The minimum atomic E-state index is -4.79. The van der Waals surface area contributed by atoms with Crippen molar-refractivity contribution in [2.75, 3.05) is 10.6 Å². The molecule has 0 aliphatic rings. The summed E-state index contributed by atoms with van der Waals surface area (Å²) in [7, 11) is 0. The fraction of sp³-hybridized carbons (Fsp3) is 0.0909. The van der Waals surface area contributed by atoms with Crippen LogP contribution in [0.3, 0.4) is 0 Å². The topological polar surface area (TPSA) is 93.2 Å². The van der Waals surface area contributed by atoms with Crippen molar-refractivity contribution >= 4 is 29.3 Å². The van der Waals surface area contributed by atoms with Crippen LogP contribution in [0.15, 0.2) is 67.3 Å². The lowest BCUT2D eigenvalue weighted by Gasteiger charge is -2.11. The molecule has 1 heterocycles. The molecule has 2 N–H and O–H groups in total. The van der Waals surface area contributed by atoms with E-state index in [1.165, 1.54) is 30.6 Å². The normalized spacial score (nSPS) is 11.2. The number of carbonyl (C=O) groups excluding carboxylic acids is 2. The molecule has 0 unspecified atom stereocenters. The zero-order valence-electron chi connectivity index (χ0n) is 16.7. The Morgan fingerprint density at radius 3 is 2.34 bits per heavy atom. The van der Waals surface area contributed by atoms with Crippen LogP contribution in [0.2, 0.25) is 0 Å². The van der Waals surface area contributed by atoms with Gasteiger partial charge in [-0.25, -0.2) is 9.97 Å². The lowest BCUT2D eigenvalue weighted by molar-refractivity contribution is -0.274. The van der Waals surface area contributed by atoms with Crippen LogP contribution in [0.1, 0.15) is 21.5 Å². The van der Waals surface area contributed by atoms with Crippen LogP contribution in [0, 0.1) is 6.92 Å². The molecule has 0 bridgehead atoms. The van der Waals surface area contributed by atoms with Gasteiger partial charge in [-0.05, 0) is 55.0 Å². The molecule has 0 atom stereocenters. The average molecular weight is 442 g/mol. The minimum absolute atomic E-state index is 0.252. The number of benzene rings is 2. The zero-order valence-corrected chi connectivity index (χ0v) is 16.7. The Balaban J connectivity index is 1.66. The lowest BCUT2D eigenvalue weighted by Crippen LogP contribution is -2.17. The quantitative estimate of drug-likeness (QED) is 0.545. The number of alkyl halides is 3. The van der Waals surface area contributed by atoms with Crippen LogP contribution < -0.4 is 15.4 Å². The van der Waals surface area contributed by atoms with E-state index in [1.54, 1.807) is 37.5 Å². The fourth-order valence-electron chi connectivity index (χ4n) is 2.58. The Hall–Kier alpha value is -4.21. The van der Waals surface area contributed by atoms with Crippen molar-refractivity contribution in [3.8, 4) is 5.75 Å². The summed E-state index contributed by atoms with van der Waals surface area (Å²) in [6.07, 6.45) is 2.55. The van der Waals surface area contributed by atoms with Gasteiger partial charge < -0.3 is 15.4 Å². The molecule has 1 aromatic heterocycles. The van der Waals surface area contributed by atoms with Gasteiger partial charge in [-0.3, -0.25) is 9.59 Å². The standard InChI is InChI=1S/C22H17F3N4O3/c1-14-2-4-16(10-19(14)29-20(30)9-3-15-11-26-13-27-12-15)21(31)28-17-5-7-18(8-6-17)32-22(23,24)25/h2-13H,1H3,(H,28,31)(H,29,30)/b9-3+. The number of amides is 2. The molecule has 3 rings (SSSR count). The number of anilines is 2. The molecule has 164 valence electrons. The van der Waals surface area contributed by atoms with Crippen molar-refractivity contribution < 1.29 is 27.5 Å². The predicted octanol–water partition coefficient (Wildman–Crippen LogP) is 4.59. The molecule has 32 heavy (non-hydrogen) atoms. The van der Waals surface area contributed by atoms with Crippen molar-refractivity contribution in [3.05, 3.63) is 84.0 Å². The molecular formula is C22H17F3N4O3. The van der Waals surface area contributed by atoms with Crippen LogP contribution in [-0.4, -0.2) is 28.1 Å². The van der Waals surface area contributed by atoms with Crippen molar-refractivity contribution in [1.82, 2.24) is 9.97 Å². The molecule has 0 aliphatic heterocycles. The second-order valence-electron chi connectivity index (χ2n) is 6.55. The van der Waals surface area contributed by atoms with E-state index in [1.807, 2.05) is 0 Å². The lowest BCUT2D eigenvalue weighted by atomic mass is 10.1. The second kappa shape index (κ2) is 9.73. The highest BCUT2D eigenvalue weighted by Crippen LogP contribution is 2.24. The van der Waals surface area contributed by atoms with Crippen molar-refractivity contribution in [1.29, 1.82) is 0 Å². The smallest absolute Gasteiger partial charge is 0.406 e. The molecule has 0 fully saturated rings. The maximum atomic E-state index is 12.5. The van der Waals surface area contributed by atoms with Crippen LogP contribution in [-0.2, 0) is 4.79 Å². The van der Waals surface area contributed by atoms with Crippen molar-refractivity contribution in [3.63, 3.8) is 0 Å². The van der Waals surface area contributed by atoms with Crippen LogP contribution >= 0.6 is 0 Å². The van der Waals surface area contributed by atoms with E-state index < -0.39 is 23.9 Å². The number of ether oxygens (including phenoxy) is 1. The Bertz CT molecular complexity index is 1130. The molecule has 2 amide bonds. The number of rotatable bonds is 6. The number of aromatic nitrogens is 2. The van der Waals surface area contributed by atoms with Gasteiger partial charge in [0.05, 0.1) is 0 Å². The molecule has 2 aromatic carbocycles. The monoisotopic (exact) mass is 442 g/mol. The van der Waals surface area contributed by atoms with Crippen LogP contribution in [0.5, 0.6) is 5.75 Å². The Labute approximate surface area is 181 Å². The minimum Gasteiger partial charge on any atom is -0.406 e. The summed E-state index contributed by atoms with van der Waals surface area (Å²) in [5.74, 6) is -1.30. The summed E-state index contributed by atoms with van der Waals surface area (Å²) in [6, 6.07) is 9.49. The fourth-order valence-corrected chi connectivity index (χ4v) is 2.58. The molecule has 0 saturated heterocycles. The summed E-state index contributed by atoms with van der Waals surface area (Å²) >= 11 is 0. The number of halogens is 3. The Kier molecular flexibility index (Phi) is 6.83. The van der Waals surface area contributed by atoms with Crippen LogP contribution in [0.4, 0.5) is 24.5 Å².